The van der Waals surface area contributed by atoms with E-state index in [1.165, 1.54) is 11.3 Å². The van der Waals surface area contributed by atoms with Crippen LogP contribution >= 0.6 is 11.3 Å². The van der Waals surface area contributed by atoms with Crippen molar-refractivity contribution in [1.82, 2.24) is 4.98 Å². The molecule has 0 aliphatic carbocycles. The number of carboxylic acids is 1. The molecule has 0 spiro atoms. The monoisotopic (exact) mass is 292 g/mol. The number of nitrogens with one attached hydrogen (secondary N) is 1. The van der Waals surface area contributed by atoms with Gasteiger partial charge in [-0.25, -0.2) is 4.98 Å². The highest BCUT2D eigenvalue weighted by molar-refractivity contribution is 7.13. The van der Waals surface area contributed by atoms with Crippen LogP contribution in [0.4, 0.5) is 10.8 Å². The zero-order chi connectivity index (χ0) is 14.5. The smallest absolute Gasteiger partial charge is 0.309 e. The van der Waals surface area contributed by atoms with E-state index >= 15 is 0 Å². The summed E-state index contributed by atoms with van der Waals surface area (Å²) in [6.45, 7) is 3.93. The molecule has 0 bridgehead atoms. The number of ether oxygens (including phenoxy) is 1. The Labute approximate surface area is 121 Å². The lowest BCUT2D eigenvalue weighted by Crippen LogP contribution is -2.07. The van der Waals surface area contributed by atoms with Crippen LogP contribution in [0.2, 0.25) is 0 Å². The number of anilines is 2. The molecule has 2 rings (SSSR count). The standard InChI is InChI=1S/C14H16N2O3S/c1-9(2)19-12-6-4-3-5-11(12)16-14-15-10(8-20-14)7-13(17)18/h3-6,8-9H,7H2,1-2H3,(H,15,16)(H,17,18). The van der Waals surface area contributed by atoms with Crippen LogP contribution in [0.1, 0.15) is 19.5 Å². The second-order valence-electron chi connectivity index (χ2n) is 4.50. The SMILES string of the molecule is CC(C)Oc1ccccc1Nc1nc(CC(=O)O)cs1. The summed E-state index contributed by atoms with van der Waals surface area (Å²) in [7, 11) is 0. The Morgan fingerprint density at radius 1 is 1.45 bits per heavy atom. The first-order valence-electron chi connectivity index (χ1n) is 6.23. The van der Waals surface area contributed by atoms with Gasteiger partial charge in [0.15, 0.2) is 5.13 Å². The number of rotatable bonds is 6. The zero-order valence-corrected chi connectivity index (χ0v) is 12.1. The maximum atomic E-state index is 10.6. The molecule has 20 heavy (non-hydrogen) atoms. The highest BCUT2D eigenvalue weighted by Gasteiger charge is 2.09. The van der Waals surface area contributed by atoms with Crippen molar-refractivity contribution in [2.45, 2.75) is 26.4 Å². The van der Waals surface area contributed by atoms with E-state index in [1.807, 2.05) is 38.1 Å². The van der Waals surface area contributed by atoms with Crippen molar-refractivity contribution in [3.8, 4) is 5.75 Å². The third-order valence-electron chi connectivity index (χ3n) is 2.38. The molecule has 0 unspecified atom stereocenters. The van der Waals surface area contributed by atoms with Gasteiger partial charge in [-0.3, -0.25) is 4.79 Å². The Bertz CT molecular complexity index is 596. The minimum atomic E-state index is -0.884. The van der Waals surface area contributed by atoms with Crippen molar-refractivity contribution in [1.29, 1.82) is 0 Å². The van der Waals surface area contributed by atoms with Crippen molar-refractivity contribution in [3.63, 3.8) is 0 Å². The van der Waals surface area contributed by atoms with Gasteiger partial charge >= 0.3 is 5.97 Å². The molecular weight excluding hydrogens is 276 g/mol. The molecule has 6 heteroatoms. The van der Waals surface area contributed by atoms with Gasteiger partial charge in [-0.05, 0) is 26.0 Å². The van der Waals surface area contributed by atoms with Crippen LogP contribution in [0.15, 0.2) is 29.6 Å². The van der Waals surface area contributed by atoms with Crippen molar-refractivity contribution in [3.05, 3.63) is 35.3 Å². The molecule has 1 aromatic carbocycles. The summed E-state index contributed by atoms with van der Waals surface area (Å²) in [5, 5.41) is 14.3. The highest BCUT2D eigenvalue weighted by Crippen LogP contribution is 2.29. The second-order valence-corrected chi connectivity index (χ2v) is 5.36. The van der Waals surface area contributed by atoms with E-state index in [1.54, 1.807) is 5.38 Å². The molecular formula is C14H16N2O3S. The zero-order valence-electron chi connectivity index (χ0n) is 11.3. The minimum Gasteiger partial charge on any atom is -0.489 e. The van der Waals surface area contributed by atoms with Crippen molar-refractivity contribution in [2.75, 3.05) is 5.32 Å². The van der Waals surface area contributed by atoms with Gasteiger partial charge in [0.05, 0.1) is 23.9 Å². The number of thiazole rings is 1. The number of nitrogens with zero attached hydrogens (tertiary/aromatic N) is 1. The summed E-state index contributed by atoms with van der Waals surface area (Å²) in [6, 6.07) is 7.59. The molecule has 0 amide bonds. The lowest BCUT2D eigenvalue weighted by atomic mass is 10.3. The fourth-order valence-electron chi connectivity index (χ4n) is 1.64. The second kappa shape index (κ2) is 6.38. The van der Waals surface area contributed by atoms with E-state index in [2.05, 4.69) is 10.3 Å². The summed E-state index contributed by atoms with van der Waals surface area (Å²) >= 11 is 1.37. The van der Waals surface area contributed by atoms with Crippen molar-refractivity contribution >= 4 is 28.1 Å². The molecule has 2 aromatic rings. The van der Waals surface area contributed by atoms with Gasteiger partial charge in [-0.2, -0.15) is 0 Å². The number of hydrogen-bond acceptors (Lipinski definition) is 5. The summed E-state index contributed by atoms with van der Waals surface area (Å²) in [4.78, 5) is 14.9. The molecule has 5 nitrogen and oxygen atoms in total. The average molecular weight is 292 g/mol. The third-order valence-corrected chi connectivity index (χ3v) is 3.18. The number of aliphatic carboxylic acids is 1. The molecule has 0 aliphatic rings. The van der Waals surface area contributed by atoms with Gasteiger partial charge in [0, 0.05) is 5.38 Å². The number of benzene rings is 1. The van der Waals surface area contributed by atoms with Crippen LogP contribution in [0.5, 0.6) is 5.75 Å². The fraction of sp³-hybridized carbons (Fsp3) is 0.286. The van der Waals surface area contributed by atoms with E-state index in [0.717, 1.165) is 11.4 Å². The number of carbonyl (C=O) groups is 1. The van der Waals surface area contributed by atoms with E-state index in [-0.39, 0.29) is 12.5 Å². The van der Waals surface area contributed by atoms with E-state index in [9.17, 15) is 4.79 Å². The lowest BCUT2D eigenvalue weighted by molar-refractivity contribution is -0.136. The molecule has 1 heterocycles. The largest absolute Gasteiger partial charge is 0.489 e. The molecule has 0 fully saturated rings. The van der Waals surface area contributed by atoms with Crippen molar-refractivity contribution in [2.24, 2.45) is 0 Å². The van der Waals surface area contributed by atoms with Gasteiger partial charge in [0.1, 0.15) is 5.75 Å². The average Bonchev–Trinajstić information content (AvgIpc) is 2.77. The predicted molar refractivity (Wildman–Crippen MR) is 78.9 cm³/mol. The molecule has 2 N–H and O–H groups in total. The number of hydrogen-bond donors (Lipinski definition) is 2. The quantitative estimate of drug-likeness (QED) is 0.854. The Kier molecular flexibility index (Phi) is 4.57. The Morgan fingerprint density at radius 2 is 2.20 bits per heavy atom. The Morgan fingerprint density at radius 3 is 2.90 bits per heavy atom. The molecule has 1 aromatic heterocycles. The van der Waals surface area contributed by atoms with Gasteiger partial charge in [-0.15, -0.1) is 11.3 Å². The number of aromatic nitrogens is 1. The number of para-hydroxylation sites is 2. The maximum absolute atomic E-state index is 10.6. The first-order chi connectivity index (χ1) is 9.54. The van der Waals surface area contributed by atoms with Gasteiger partial charge in [-0.1, -0.05) is 12.1 Å². The fourth-order valence-corrected chi connectivity index (χ4v) is 2.36. The molecule has 0 saturated carbocycles. The van der Waals surface area contributed by atoms with E-state index in [4.69, 9.17) is 9.84 Å². The predicted octanol–water partition coefficient (Wildman–Crippen LogP) is 3.30. The topological polar surface area (TPSA) is 71.5 Å². The van der Waals surface area contributed by atoms with Crippen molar-refractivity contribution < 1.29 is 14.6 Å². The van der Waals surface area contributed by atoms with Crippen LogP contribution in [0.25, 0.3) is 0 Å². The summed E-state index contributed by atoms with van der Waals surface area (Å²) in [6.07, 6.45) is 0.0132. The van der Waals surface area contributed by atoms with Crippen LogP contribution in [0, 0.1) is 0 Å². The Hall–Kier alpha value is -2.08. The van der Waals surface area contributed by atoms with Crippen LogP contribution in [-0.4, -0.2) is 22.2 Å². The summed E-state index contributed by atoms with van der Waals surface area (Å²) in [5.74, 6) is -0.136. The Balaban J connectivity index is 2.13. The highest BCUT2D eigenvalue weighted by atomic mass is 32.1. The van der Waals surface area contributed by atoms with Crippen LogP contribution in [0.3, 0.4) is 0 Å². The van der Waals surface area contributed by atoms with Crippen LogP contribution < -0.4 is 10.1 Å². The third kappa shape index (κ3) is 3.96. The van der Waals surface area contributed by atoms with E-state index < -0.39 is 5.97 Å². The molecule has 0 aliphatic heterocycles. The summed E-state index contributed by atoms with van der Waals surface area (Å²) < 4.78 is 5.71. The van der Waals surface area contributed by atoms with E-state index in [0.29, 0.717) is 10.8 Å². The summed E-state index contributed by atoms with van der Waals surface area (Å²) in [5.41, 5.74) is 1.37. The maximum Gasteiger partial charge on any atom is 0.309 e. The first-order valence-corrected chi connectivity index (χ1v) is 7.11. The molecule has 0 saturated heterocycles. The lowest BCUT2D eigenvalue weighted by Gasteiger charge is -2.14. The van der Waals surface area contributed by atoms with Gasteiger partial charge in [0.25, 0.3) is 0 Å². The number of carboxylic acid groups (broad SMARTS) is 1. The van der Waals surface area contributed by atoms with Crippen LogP contribution in [-0.2, 0) is 11.2 Å². The molecule has 0 atom stereocenters. The molecule has 106 valence electrons. The first kappa shape index (κ1) is 14.3. The molecule has 0 radical (unpaired) electrons. The van der Waals surface area contributed by atoms with Gasteiger partial charge < -0.3 is 15.2 Å². The minimum absolute atomic E-state index is 0.0671. The normalized spacial score (nSPS) is 10.6. The van der Waals surface area contributed by atoms with Gasteiger partial charge in [0.2, 0.25) is 0 Å².